The number of pyridine rings is 1. The van der Waals surface area contributed by atoms with E-state index < -0.39 is 71.3 Å². The molecule has 2 heterocycles. The highest BCUT2D eigenvalue weighted by Gasteiger charge is 2.41. The van der Waals surface area contributed by atoms with Gasteiger partial charge in [-0.25, -0.2) is 9.78 Å². The molecule has 0 spiro atoms. The third kappa shape index (κ3) is 7.25. The van der Waals surface area contributed by atoms with Crippen LogP contribution in [-0.4, -0.2) is 64.5 Å². The van der Waals surface area contributed by atoms with Gasteiger partial charge in [-0.2, -0.15) is 0 Å². The van der Waals surface area contributed by atoms with E-state index in [1.54, 1.807) is 40.7 Å². The largest absolute Gasteiger partial charge is 0.463 e. The molecule has 1 fully saturated rings. The van der Waals surface area contributed by atoms with E-state index in [0.29, 0.717) is 5.56 Å². The SMILES string of the molecule is CCC1C(=O)OCC(NC(=O)c2nccc(C)c2OC(=O)C(C)Br)C(=O)OC(C)C1OC(=O)C(C)C. The van der Waals surface area contributed by atoms with Gasteiger partial charge in [-0.05, 0) is 38.8 Å². The molecule has 1 saturated heterocycles. The number of hydrogen-bond donors (Lipinski definition) is 1. The standard InChI is InChI=1S/C24H31BrN2O9/c1-7-15-19(36-21(29)11(2)3)14(6)34-24(32)16(10-33-23(15)31)27-20(28)17-18(12(4)8-9-26-17)35-22(30)13(5)25/h8-9,11,13-16,19H,7,10H2,1-6H3,(H,27,28). The average Bonchev–Trinajstić information content (AvgIpc) is 2.84. The summed E-state index contributed by atoms with van der Waals surface area (Å²) < 4.78 is 21.6. The molecule has 0 bridgehead atoms. The highest BCUT2D eigenvalue weighted by atomic mass is 79.9. The first-order valence-corrected chi connectivity index (χ1v) is 12.5. The molecule has 0 radical (unpaired) electrons. The molecule has 5 unspecified atom stereocenters. The van der Waals surface area contributed by atoms with Crippen LogP contribution >= 0.6 is 15.9 Å². The van der Waals surface area contributed by atoms with Crippen molar-refractivity contribution in [3.05, 3.63) is 23.5 Å². The van der Waals surface area contributed by atoms with Crippen LogP contribution in [0.25, 0.3) is 0 Å². The van der Waals surface area contributed by atoms with Crippen LogP contribution < -0.4 is 10.1 Å². The number of amides is 1. The lowest BCUT2D eigenvalue weighted by molar-refractivity contribution is -0.176. The smallest absolute Gasteiger partial charge is 0.332 e. The van der Waals surface area contributed by atoms with Gasteiger partial charge in [0.1, 0.15) is 17.5 Å². The Hall–Kier alpha value is -3.02. The number of rotatable bonds is 7. The van der Waals surface area contributed by atoms with Gasteiger partial charge in [-0.1, -0.05) is 36.7 Å². The minimum absolute atomic E-state index is 0.0696. The van der Waals surface area contributed by atoms with Gasteiger partial charge < -0.3 is 24.3 Å². The summed E-state index contributed by atoms with van der Waals surface area (Å²) in [4.78, 5) is 66.4. The number of esters is 4. The van der Waals surface area contributed by atoms with Crippen LogP contribution in [0.1, 0.15) is 57.1 Å². The molecule has 2 rings (SSSR count). The van der Waals surface area contributed by atoms with E-state index in [9.17, 15) is 24.0 Å². The third-order valence-corrected chi connectivity index (χ3v) is 5.83. The molecule has 1 aliphatic rings. The molecule has 0 aromatic carbocycles. The van der Waals surface area contributed by atoms with E-state index in [1.807, 2.05) is 0 Å². The summed E-state index contributed by atoms with van der Waals surface area (Å²) in [5, 5.41) is 2.43. The predicted octanol–water partition coefficient (Wildman–Crippen LogP) is 2.26. The van der Waals surface area contributed by atoms with Gasteiger partial charge >= 0.3 is 23.9 Å². The van der Waals surface area contributed by atoms with E-state index in [2.05, 4.69) is 26.2 Å². The van der Waals surface area contributed by atoms with Crippen molar-refractivity contribution in [1.82, 2.24) is 10.3 Å². The Morgan fingerprint density at radius 3 is 2.44 bits per heavy atom. The summed E-state index contributed by atoms with van der Waals surface area (Å²) >= 11 is 3.11. The van der Waals surface area contributed by atoms with Crippen molar-refractivity contribution in [2.45, 2.75) is 71.0 Å². The summed E-state index contributed by atoms with van der Waals surface area (Å²) in [6.45, 7) is 9.17. The quantitative estimate of drug-likeness (QED) is 0.294. The monoisotopic (exact) mass is 570 g/mol. The molecule has 1 aromatic heterocycles. The van der Waals surface area contributed by atoms with E-state index >= 15 is 0 Å². The van der Waals surface area contributed by atoms with E-state index in [1.165, 1.54) is 13.1 Å². The Kier molecular flexibility index (Phi) is 10.4. The average molecular weight is 571 g/mol. The normalized spacial score (nSPS) is 23.3. The van der Waals surface area contributed by atoms with Crippen LogP contribution in [0.5, 0.6) is 5.75 Å². The van der Waals surface area contributed by atoms with Gasteiger partial charge in [0.15, 0.2) is 23.6 Å². The maximum Gasteiger partial charge on any atom is 0.332 e. The fourth-order valence-corrected chi connectivity index (χ4v) is 3.42. The molecule has 1 amide bonds. The third-order valence-electron chi connectivity index (χ3n) is 5.45. The molecule has 0 aliphatic carbocycles. The van der Waals surface area contributed by atoms with Crippen molar-refractivity contribution in [1.29, 1.82) is 0 Å². The zero-order valence-electron chi connectivity index (χ0n) is 21.0. The minimum Gasteiger partial charge on any atom is -0.463 e. The number of aryl methyl sites for hydroxylation is 1. The minimum atomic E-state index is -1.39. The van der Waals surface area contributed by atoms with Crippen LogP contribution in [0.3, 0.4) is 0 Å². The molecule has 5 atom stereocenters. The van der Waals surface area contributed by atoms with Crippen molar-refractivity contribution in [2.75, 3.05) is 6.61 Å². The first-order valence-electron chi connectivity index (χ1n) is 11.6. The van der Waals surface area contributed by atoms with Crippen molar-refractivity contribution >= 4 is 45.7 Å². The highest BCUT2D eigenvalue weighted by Crippen LogP contribution is 2.25. The van der Waals surface area contributed by atoms with Crippen LogP contribution in [0.4, 0.5) is 0 Å². The van der Waals surface area contributed by atoms with Crippen molar-refractivity contribution in [2.24, 2.45) is 11.8 Å². The lowest BCUT2D eigenvalue weighted by Gasteiger charge is -2.29. The van der Waals surface area contributed by atoms with Gasteiger partial charge in [0.2, 0.25) is 0 Å². The Labute approximate surface area is 217 Å². The molecule has 12 heteroatoms. The molecular formula is C24H31BrN2O9. The number of ether oxygens (including phenoxy) is 4. The number of carbonyl (C=O) groups is 5. The number of alkyl halides is 1. The van der Waals surface area contributed by atoms with Gasteiger partial charge in [0.25, 0.3) is 5.91 Å². The second kappa shape index (κ2) is 12.8. The summed E-state index contributed by atoms with van der Waals surface area (Å²) in [6, 6.07) is 0.168. The zero-order chi connectivity index (χ0) is 27.2. The first kappa shape index (κ1) is 29.2. The van der Waals surface area contributed by atoms with Gasteiger partial charge in [0.05, 0.1) is 11.8 Å². The number of cyclic esters (lactones) is 2. The van der Waals surface area contributed by atoms with Gasteiger partial charge in [-0.3, -0.25) is 19.2 Å². The second-order valence-corrected chi connectivity index (χ2v) is 10.1. The van der Waals surface area contributed by atoms with E-state index in [0.717, 1.165) is 0 Å². The maximum absolute atomic E-state index is 13.0. The molecule has 11 nitrogen and oxygen atoms in total. The predicted molar refractivity (Wildman–Crippen MR) is 129 cm³/mol. The summed E-state index contributed by atoms with van der Waals surface area (Å²) in [7, 11) is 0. The maximum atomic E-state index is 13.0. The first-order chi connectivity index (χ1) is 16.9. The van der Waals surface area contributed by atoms with Gasteiger partial charge in [-0.15, -0.1) is 0 Å². The van der Waals surface area contributed by atoms with Crippen molar-refractivity contribution in [3.63, 3.8) is 0 Å². The lowest BCUT2D eigenvalue weighted by Crippen LogP contribution is -2.47. The Morgan fingerprint density at radius 1 is 1.19 bits per heavy atom. The number of nitrogens with one attached hydrogen (secondary N) is 1. The van der Waals surface area contributed by atoms with Crippen LogP contribution in [0, 0.1) is 18.8 Å². The summed E-state index contributed by atoms with van der Waals surface area (Å²) in [5.74, 6) is -5.03. The molecular weight excluding hydrogens is 540 g/mol. The fourth-order valence-electron chi connectivity index (χ4n) is 3.33. The lowest BCUT2D eigenvalue weighted by atomic mass is 9.95. The number of aromatic nitrogens is 1. The second-order valence-electron chi connectivity index (χ2n) is 8.71. The zero-order valence-corrected chi connectivity index (χ0v) is 22.6. The highest BCUT2D eigenvalue weighted by molar-refractivity contribution is 9.10. The van der Waals surface area contributed by atoms with Crippen LogP contribution in [-0.2, 0) is 33.4 Å². The van der Waals surface area contributed by atoms with E-state index in [-0.39, 0.29) is 17.9 Å². The number of halogens is 1. The number of nitrogens with zero attached hydrogens (tertiary/aromatic N) is 1. The molecule has 0 saturated carbocycles. The number of hydrogen-bond acceptors (Lipinski definition) is 10. The fraction of sp³-hybridized carbons (Fsp3) is 0.583. The van der Waals surface area contributed by atoms with E-state index in [4.69, 9.17) is 18.9 Å². The van der Waals surface area contributed by atoms with Crippen molar-refractivity contribution < 1.29 is 42.9 Å². The molecule has 36 heavy (non-hydrogen) atoms. The van der Waals surface area contributed by atoms with Gasteiger partial charge in [0, 0.05) is 6.20 Å². The Bertz CT molecular complexity index is 1010. The van der Waals surface area contributed by atoms with Crippen LogP contribution in [0.15, 0.2) is 12.3 Å². The molecule has 1 aromatic rings. The van der Waals surface area contributed by atoms with Crippen LogP contribution in [0.2, 0.25) is 0 Å². The Balaban J connectivity index is 2.29. The Morgan fingerprint density at radius 2 is 1.86 bits per heavy atom. The molecule has 198 valence electrons. The molecule has 1 N–H and O–H groups in total. The number of carbonyl (C=O) groups excluding carboxylic acids is 5. The molecule has 1 aliphatic heterocycles. The van der Waals surface area contributed by atoms with Crippen molar-refractivity contribution in [3.8, 4) is 5.75 Å². The summed E-state index contributed by atoms with van der Waals surface area (Å²) in [5.41, 5.74) is 0.230. The summed E-state index contributed by atoms with van der Waals surface area (Å²) in [6.07, 6.45) is -0.444. The topological polar surface area (TPSA) is 147 Å².